The average molecular weight is 113 g/mol. The third kappa shape index (κ3) is 5.91. The molecule has 1 radical (unpaired) electrons. The molecule has 0 saturated carbocycles. The van der Waals surface area contributed by atoms with Crippen LogP contribution in [0.4, 0.5) is 0 Å². The second kappa shape index (κ2) is 5.91. The second-order valence-electron chi connectivity index (χ2n) is 1.17. The summed E-state index contributed by atoms with van der Waals surface area (Å²) in [6.07, 6.45) is 6.02. The highest BCUT2D eigenvalue weighted by Crippen LogP contribution is 2.07. The van der Waals surface area contributed by atoms with Gasteiger partial charge in [0.15, 0.2) is 0 Å². The first-order valence-electron chi connectivity index (χ1n) is 2.27. The number of hydrogen-bond donors (Lipinski definition) is 0. The molecule has 0 aliphatic carbocycles. The van der Waals surface area contributed by atoms with E-state index in [9.17, 15) is 0 Å². The zero-order valence-corrected chi connectivity index (χ0v) is 5.32. The highest BCUT2D eigenvalue weighted by molar-refractivity contribution is 7.38. The Kier molecular flexibility index (Phi) is 5.83. The molecule has 0 aromatic rings. The summed E-state index contributed by atoms with van der Waals surface area (Å²) in [5.74, 6) is 0. The first kappa shape index (κ1) is 6.91. The van der Waals surface area contributed by atoms with Crippen LogP contribution in [0.5, 0.6) is 0 Å². The molecule has 0 fully saturated rings. The Balaban J connectivity index is 2.68. The molecule has 0 aromatic carbocycles. The molecule has 0 saturated heterocycles. The molecule has 0 unspecified atom stereocenters. The maximum Gasteiger partial charge on any atom is -0.0106 e. The van der Waals surface area contributed by atoms with Crippen LogP contribution < -0.4 is 0 Å². The zero-order chi connectivity index (χ0) is 5.54. The van der Waals surface area contributed by atoms with Gasteiger partial charge in [0.05, 0.1) is 0 Å². The number of rotatable bonds is 4. The minimum atomic E-state index is 1.09. The van der Waals surface area contributed by atoms with E-state index in [1.54, 1.807) is 0 Å². The number of hydrogen-bond acceptors (Lipinski definition) is 0. The van der Waals surface area contributed by atoms with Crippen molar-refractivity contribution >= 4 is 8.58 Å². The lowest BCUT2D eigenvalue weighted by molar-refractivity contribution is 1.71. The summed E-state index contributed by atoms with van der Waals surface area (Å²) in [5, 5.41) is 0. The highest BCUT2D eigenvalue weighted by atomic mass is 31.1. The van der Waals surface area contributed by atoms with Crippen LogP contribution in [0, 0.1) is 0 Å². The van der Waals surface area contributed by atoms with E-state index >= 15 is 0 Å². The molecular formula is C6H10P. The van der Waals surface area contributed by atoms with Crippen molar-refractivity contribution in [2.45, 2.75) is 0 Å². The Bertz CT molecular complexity index is 49.2. The molecule has 39 valence electrons. The lowest BCUT2D eigenvalue weighted by Crippen LogP contribution is -1.65. The van der Waals surface area contributed by atoms with Gasteiger partial charge >= 0.3 is 0 Å². The smallest absolute Gasteiger partial charge is 0.0106 e. The SMILES string of the molecule is C=CC[P]CC=C. The van der Waals surface area contributed by atoms with E-state index in [0.29, 0.717) is 0 Å². The molecule has 0 atom stereocenters. The lowest BCUT2D eigenvalue weighted by atomic mass is 10.8. The van der Waals surface area contributed by atoms with Crippen LogP contribution in [0.15, 0.2) is 25.3 Å². The van der Waals surface area contributed by atoms with Crippen LogP contribution >= 0.6 is 8.58 Å². The fraction of sp³-hybridized carbons (Fsp3) is 0.333. The van der Waals surface area contributed by atoms with Crippen LogP contribution in [0.1, 0.15) is 0 Å². The molecule has 0 amide bonds. The molecule has 7 heavy (non-hydrogen) atoms. The Morgan fingerprint density at radius 3 is 1.86 bits per heavy atom. The first-order valence-corrected chi connectivity index (χ1v) is 3.53. The minimum absolute atomic E-state index is 1.09. The quantitative estimate of drug-likeness (QED) is 0.298. The summed E-state index contributed by atoms with van der Waals surface area (Å²) < 4.78 is 0. The Hall–Kier alpha value is -0.0900. The van der Waals surface area contributed by atoms with Gasteiger partial charge in [-0.2, -0.15) is 0 Å². The number of allylic oxidation sites excluding steroid dienone is 2. The van der Waals surface area contributed by atoms with Gasteiger partial charge < -0.3 is 0 Å². The molecule has 0 N–H and O–H groups in total. The van der Waals surface area contributed by atoms with Crippen molar-refractivity contribution < 1.29 is 0 Å². The van der Waals surface area contributed by atoms with E-state index in [0.717, 1.165) is 12.3 Å². The summed E-state index contributed by atoms with van der Waals surface area (Å²) >= 11 is 0. The molecule has 0 heterocycles. The van der Waals surface area contributed by atoms with E-state index in [1.165, 1.54) is 8.58 Å². The van der Waals surface area contributed by atoms with Crippen LogP contribution in [-0.4, -0.2) is 12.3 Å². The summed E-state index contributed by atoms with van der Waals surface area (Å²) in [6, 6.07) is 0. The van der Waals surface area contributed by atoms with Gasteiger partial charge in [0.25, 0.3) is 0 Å². The molecule has 0 nitrogen and oxygen atoms in total. The van der Waals surface area contributed by atoms with Crippen molar-refractivity contribution in [3.8, 4) is 0 Å². The van der Waals surface area contributed by atoms with Crippen molar-refractivity contribution in [2.75, 3.05) is 12.3 Å². The fourth-order valence-corrected chi connectivity index (χ4v) is 0.771. The lowest BCUT2D eigenvalue weighted by Gasteiger charge is -1.83. The summed E-state index contributed by atoms with van der Waals surface area (Å²) in [4.78, 5) is 0. The monoisotopic (exact) mass is 113 g/mol. The van der Waals surface area contributed by atoms with E-state index in [1.807, 2.05) is 12.2 Å². The van der Waals surface area contributed by atoms with E-state index in [4.69, 9.17) is 0 Å². The Labute approximate surface area is 47.1 Å². The molecule has 0 aliphatic heterocycles. The van der Waals surface area contributed by atoms with E-state index in [2.05, 4.69) is 13.2 Å². The van der Waals surface area contributed by atoms with Gasteiger partial charge in [-0.25, -0.2) is 0 Å². The van der Waals surface area contributed by atoms with Crippen molar-refractivity contribution in [2.24, 2.45) is 0 Å². The largest absolute Gasteiger partial charge is 0.103 e. The third-order valence-corrected chi connectivity index (χ3v) is 1.55. The molecule has 0 spiro atoms. The molecule has 0 aliphatic rings. The van der Waals surface area contributed by atoms with Gasteiger partial charge in [0.1, 0.15) is 0 Å². The summed E-state index contributed by atoms with van der Waals surface area (Å²) in [7, 11) is 1.41. The van der Waals surface area contributed by atoms with Gasteiger partial charge in [-0.1, -0.05) is 20.7 Å². The van der Waals surface area contributed by atoms with Crippen LogP contribution in [0.2, 0.25) is 0 Å². The van der Waals surface area contributed by atoms with Crippen LogP contribution in [-0.2, 0) is 0 Å². The normalized spacial score (nSPS) is 8.00. The van der Waals surface area contributed by atoms with Crippen LogP contribution in [0.3, 0.4) is 0 Å². The summed E-state index contributed by atoms with van der Waals surface area (Å²) in [5.41, 5.74) is 0. The summed E-state index contributed by atoms with van der Waals surface area (Å²) in [6.45, 7) is 7.18. The predicted molar refractivity (Wildman–Crippen MR) is 37.0 cm³/mol. The molecule has 1 heteroatoms. The third-order valence-electron chi connectivity index (χ3n) is 0.516. The van der Waals surface area contributed by atoms with Gasteiger partial charge in [-0.05, 0) is 12.3 Å². The van der Waals surface area contributed by atoms with Crippen LogP contribution in [0.25, 0.3) is 0 Å². The molecule has 0 rings (SSSR count). The van der Waals surface area contributed by atoms with E-state index in [-0.39, 0.29) is 0 Å². The van der Waals surface area contributed by atoms with Gasteiger partial charge in [-0.3, -0.25) is 0 Å². The highest BCUT2D eigenvalue weighted by Gasteiger charge is 1.74. The molecular weight excluding hydrogens is 103 g/mol. The van der Waals surface area contributed by atoms with Crippen molar-refractivity contribution in [1.29, 1.82) is 0 Å². The van der Waals surface area contributed by atoms with Gasteiger partial charge in [0.2, 0.25) is 0 Å². The van der Waals surface area contributed by atoms with Crippen molar-refractivity contribution in [1.82, 2.24) is 0 Å². The van der Waals surface area contributed by atoms with Crippen molar-refractivity contribution in [3.05, 3.63) is 25.3 Å². The zero-order valence-electron chi connectivity index (χ0n) is 4.43. The fourth-order valence-electron chi connectivity index (χ4n) is 0.257. The van der Waals surface area contributed by atoms with Gasteiger partial charge in [-0.15, -0.1) is 13.2 Å². The maximum absolute atomic E-state index is 3.59. The second-order valence-corrected chi connectivity index (χ2v) is 2.34. The topological polar surface area (TPSA) is 0 Å². The van der Waals surface area contributed by atoms with Gasteiger partial charge in [0, 0.05) is 0 Å². The maximum atomic E-state index is 3.59. The first-order chi connectivity index (χ1) is 3.41. The predicted octanol–water partition coefficient (Wildman–Crippen LogP) is 2.30. The Morgan fingerprint density at radius 1 is 1.14 bits per heavy atom. The standard InChI is InChI=1S/C6H10P/c1-3-5-7-6-4-2/h3-4H,1-2,5-6H2. The Morgan fingerprint density at radius 2 is 1.57 bits per heavy atom. The minimum Gasteiger partial charge on any atom is -0.103 e. The van der Waals surface area contributed by atoms with Crippen molar-refractivity contribution in [3.63, 3.8) is 0 Å². The average Bonchev–Trinajstić information content (AvgIpc) is 1.69. The molecule has 0 aromatic heterocycles. The molecule has 0 bridgehead atoms. The van der Waals surface area contributed by atoms with E-state index < -0.39 is 0 Å².